The Labute approximate surface area is 121 Å². The highest BCUT2D eigenvalue weighted by atomic mass is 79.9. The van der Waals surface area contributed by atoms with Crippen LogP contribution in [0.1, 0.15) is 36.1 Å². The molecule has 1 N–H and O–H groups in total. The largest absolute Gasteiger partial charge is 0.469 e. The van der Waals surface area contributed by atoms with Crippen LogP contribution in [-0.4, -0.2) is 6.54 Å². The van der Waals surface area contributed by atoms with Crippen LogP contribution in [0.2, 0.25) is 0 Å². The average molecular weight is 328 g/mol. The minimum absolute atomic E-state index is 0.342. The van der Waals surface area contributed by atoms with Crippen LogP contribution in [0.5, 0.6) is 0 Å². The summed E-state index contributed by atoms with van der Waals surface area (Å²) < 4.78 is 6.71. The minimum Gasteiger partial charge on any atom is -0.469 e. The summed E-state index contributed by atoms with van der Waals surface area (Å²) >= 11 is 5.31. The Morgan fingerprint density at radius 2 is 2.28 bits per heavy atom. The zero-order valence-corrected chi connectivity index (χ0v) is 13.1. The third kappa shape index (κ3) is 3.25. The molecule has 4 heteroatoms. The van der Waals surface area contributed by atoms with E-state index in [9.17, 15) is 0 Å². The van der Waals surface area contributed by atoms with E-state index in [1.54, 1.807) is 17.6 Å². The number of likely N-dealkylation sites (N-methyl/N-ethyl adjacent to an activating group) is 1. The van der Waals surface area contributed by atoms with Gasteiger partial charge in [-0.2, -0.15) is 0 Å². The molecule has 2 heterocycles. The maximum atomic E-state index is 5.54. The first-order valence-electron chi connectivity index (χ1n) is 6.27. The van der Waals surface area contributed by atoms with Crippen molar-refractivity contribution in [2.75, 3.05) is 6.54 Å². The number of thiophene rings is 1. The van der Waals surface area contributed by atoms with Crippen LogP contribution in [0, 0.1) is 0 Å². The van der Waals surface area contributed by atoms with Crippen LogP contribution >= 0.6 is 27.3 Å². The summed E-state index contributed by atoms with van der Waals surface area (Å²) in [7, 11) is 0. The van der Waals surface area contributed by atoms with E-state index in [-0.39, 0.29) is 0 Å². The molecule has 2 aromatic heterocycles. The van der Waals surface area contributed by atoms with Gasteiger partial charge in [0.1, 0.15) is 5.76 Å². The summed E-state index contributed by atoms with van der Waals surface area (Å²) in [5.74, 6) is 1.09. The van der Waals surface area contributed by atoms with Crippen molar-refractivity contribution < 1.29 is 4.42 Å². The summed E-state index contributed by atoms with van der Waals surface area (Å²) in [6, 6.07) is 4.63. The second kappa shape index (κ2) is 6.55. The van der Waals surface area contributed by atoms with Crippen LogP contribution in [0.25, 0.3) is 0 Å². The van der Waals surface area contributed by atoms with E-state index in [4.69, 9.17) is 4.42 Å². The Morgan fingerprint density at radius 3 is 2.89 bits per heavy atom. The summed E-state index contributed by atoms with van der Waals surface area (Å²) in [6.45, 7) is 5.24. The van der Waals surface area contributed by atoms with Crippen molar-refractivity contribution in [3.05, 3.63) is 44.4 Å². The van der Waals surface area contributed by atoms with Gasteiger partial charge >= 0.3 is 0 Å². The topological polar surface area (TPSA) is 25.2 Å². The molecule has 0 fully saturated rings. The lowest BCUT2D eigenvalue weighted by molar-refractivity contribution is 0.488. The summed E-state index contributed by atoms with van der Waals surface area (Å²) in [5.41, 5.74) is 1.30. The van der Waals surface area contributed by atoms with Crippen LogP contribution in [0.15, 0.2) is 32.7 Å². The number of furan rings is 1. The first-order valence-corrected chi connectivity index (χ1v) is 7.94. The second-order valence-corrected chi connectivity index (χ2v) is 6.11. The lowest BCUT2D eigenvalue weighted by atomic mass is 10.0. The molecule has 0 saturated carbocycles. The molecule has 1 atom stereocenters. The van der Waals surface area contributed by atoms with Crippen molar-refractivity contribution >= 4 is 27.3 Å². The van der Waals surface area contributed by atoms with Gasteiger partial charge in [0.25, 0.3) is 0 Å². The zero-order valence-electron chi connectivity index (χ0n) is 10.7. The Morgan fingerprint density at radius 1 is 1.44 bits per heavy atom. The lowest BCUT2D eigenvalue weighted by Gasteiger charge is -2.17. The number of aryl methyl sites for hydroxylation is 1. The average Bonchev–Trinajstić information content (AvgIpc) is 2.97. The molecule has 0 aromatic carbocycles. The zero-order chi connectivity index (χ0) is 13.0. The highest BCUT2D eigenvalue weighted by Gasteiger charge is 2.17. The number of halogens is 1. The molecule has 98 valence electrons. The van der Waals surface area contributed by atoms with Gasteiger partial charge in [-0.05, 0) is 34.6 Å². The second-order valence-electron chi connectivity index (χ2n) is 4.20. The number of hydrogen-bond donors (Lipinski definition) is 1. The van der Waals surface area contributed by atoms with Crippen molar-refractivity contribution in [2.24, 2.45) is 0 Å². The predicted octanol–water partition coefficient (Wildman–Crippen LogP) is 4.56. The Bertz CT molecular complexity index is 491. The van der Waals surface area contributed by atoms with Crippen molar-refractivity contribution in [3.8, 4) is 0 Å². The summed E-state index contributed by atoms with van der Waals surface area (Å²) in [6.07, 6.45) is 3.75. The van der Waals surface area contributed by atoms with Gasteiger partial charge in [-0.15, -0.1) is 11.3 Å². The normalized spacial score (nSPS) is 12.8. The van der Waals surface area contributed by atoms with E-state index < -0.39 is 0 Å². The Hall–Kier alpha value is -0.580. The molecule has 0 aliphatic rings. The molecule has 0 spiro atoms. The van der Waals surface area contributed by atoms with E-state index in [0.29, 0.717) is 6.04 Å². The molecule has 0 aliphatic carbocycles. The molecule has 2 aromatic rings. The van der Waals surface area contributed by atoms with Crippen LogP contribution in [0.3, 0.4) is 0 Å². The van der Waals surface area contributed by atoms with Crippen molar-refractivity contribution in [1.82, 2.24) is 5.32 Å². The van der Waals surface area contributed by atoms with Crippen LogP contribution in [0.4, 0.5) is 0 Å². The highest BCUT2D eigenvalue weighted by molar-refractivity contribution is 9.10. The third-order valence-electron chi connectivity index (χ3n) is 2.95. The van der Waals surface area contributed by atoms with Gasteiger partial charge < -0.3 is 9.73 Å². The molecule has 18 heavy (non-hydrogen) atoms. The highest BCUT2D eigenvalue weighted by Crippen LogP contribution is 2.28. The van der Waals surface area contributed by atoms with E-state index in [2.05, 4.69) is 52.6 Å². The van der Waals surface area contributed by atoms with E-state index in [1.807, 2.05) is 0 Å². The predicted molar refractivity (Wildman–Crippen MR) is 80.2 cm³/mol. The van der Waals surface area contributed by atoms with Gasteiger partial charge in [-0.25, -0.2) is 0 Å². The smallest absolute Gasteiger partial charge is 0.108 e. The fourth-order valence-corrected chi connectivity index (χ4v) is 3.65. The van der Waals surface area contributed by atoms with Crippen LogP contribution < -0.4 is 5.32 Å². The van der Waals surface area contributed by atoms with E-state index >= 15 is 0 Å². The molecule has 2 nitrogen and oxygen atoms in total. The number of nitrogens with one attached hydrogen (secondary N) is 1. The van der Waals surface area contributed by atoms with Gasteiger partial charge in [0.05, 0.1) is 6.26 Å². The standard InChI is InChI=1S/C14H18BrNOS/c1-3-14-12(5-6-17-14)13(16-4-2)8-11-7-10(15)9-18-11/h5-7,9,13,16H,3-4,8H2,1-2H3. The van der Waals surface area contributed by atoms with Crippen molar-refractivity contribution in [2.45, 2.75) is 32.7 Å². The first kappa shape index (κ1) is 13.8. The van der Waals surface area contributed by atoms with Gasteiger partial charge in [0.15, 0.2) is 0 Å². The van der Waals surface area contributed by atoms with Gasteiger partial charge in [0.2, 0.25) is 0 Å². The lowest BCUT2D eigenvalue weighted by Crippen LogP contribution is -2.23. The molecule has 2 rings (SSSR count). The maximum absolute atomic E-state index is 5.54. The quantitative estimate of drug-likeness (QED) is 0.841. The molecule has 0 amide bonds. The molecular weight excluding hydrogens is 310 g/mol. The molecule has 0 radical (unpaired) electrons. The number of hydrogen-bond acceptors (Lipinski definition) is 3. The number of rotatable bonds is 6. The van der Waals surface area contributed by atoms with E-state index in [1.165, 1.54) is 14.9 Å². The summed E-state index contributed by atoms with van der Waals surface area (Å²) in [4.78, 5) is 1.39. The van der Waals surface area contributed by atoms with Crippen LogP contribution in [-0.2, 0) is 12.8 Å². The molecular formula is C14H18BrNOS. The van der Waals surface area contributed by atoms with Crippen molar-refractivity contribution in [3.63, 3.8) is 0 Å². The fraction of sp³-hybridized carbons (Fsp3) is 0.429. The maximum Gasteiger partial charge on any atom is 0.108 e. The fourth-order valence-electron chi connectivity index (χ4n) is 2.15. The van der Waals surface area contributed by atoms with Gasteiger partial charge in [0, 0.05) is 39.2 Å². The summed E-state index contributed by atoms with van der Waals surface area (Å²) in [5, 5.41) is 5.68. The van der Waals surface area contributed by atoms with Crippen molar-refractivity contribution in [1.29, 1.82) is 0 Å². The molecule has 0 aliphatic heterocycles. The SMILES string of the molecule is CCNC(Cc1cc(Br)cs1)c1ccoc1CC. The Balaban J connectivity index is 2.17. The van der Waals surface area contributed by atoms with Gasteiger partial charge in [-0.1, -0.05) is 13.8 Å². The van der Waals surface area contributed by atoms with E-state index in [0.717, 1.165) is 25.1 Å². The molecule has 1 unspecified atom stereocenters. The minimum atomic E-state index is 0.342. The Kier molecular flexibility index (Phi) is 5.03. The van der Waals surface area contributed by atoms with Gasteiger partial charge in [-0.3, -0.25) is 0 Å². The first-order chi connectivity index (χ1) is 8.74. The molecule has 0 bridgehead atoms. The monoisotopic (exact) mass is 327 g/mol. The third-order valence-corrected chi connectivity index (χ3v) is 4.67. The molecule has 0 saturated heterocycles.